The third-order valence-corrected chi connectivity index (χ3v) is 3.50. The number of carbonyl (C=O) groups excluding carboxylic acids is 1. The Morgan fingerprint density at radius 2 is 1.78 bits per heavy atom. The molecule has 23 heavy (non-hydrogen) atoms. The first kappa shape index (κ1) is 14.9. The first-order chi connectivity index (χ1) is 11.3. The molecule has 0 amide bonds. The van der Waals surface area contributed by atoms with Gasteiger partial charge in [-0.2, -0.15) is 5.26 Å². The minimum absolute atomic E-state index is 0.106. The molecule has 0 spiro atoms. The van der Waals surface area contributed by atoms with Gasteiger partial charge in [-0.05, 0) is 42.0 Å². The molecule has 1 aliphatic rings. The lowest BCUT2D eigenvalue weighted by atomic mass is 10.1. The molecule has 0 radical (unpaired) electrons. The summed E-state index contributed by atoms with van der Waals surface area (Å²) in [5.74, 6) is 1.18. The van der Waals surface area contributed by atoms with Crippen LogP contribution in [0.3, 0.4) is 0 Å². The maximum atomic E-state index is 12.3. The standard InChI is InChI=1S/C19H15NO3/c20-13-15-4-2-14(3-5-15)6-8-17(21)16-7-9-18-19(12-16)23-11-1-10-22-18/h2-9,12H,1,10-11H2. The van der Waals surface area contributed by atoms with Crippen LogP contribution < -0.4 is 9.47 Å². The van der Waals surface area contributed by atoms with Gasteiger partial charge < -0.3 is 9.47 Å². The van der Waals surface area contributed by atoms with Crippen LogP contribution in [-0.2, 0) is 0 Å². The quantitative estimate of drug-likeness (QED) is 0.642. The van der Waals surface area contributed by atoms with E-state index in [1.165, 1.54) is 6.08 Å². The number of ketones is 1. The summed E-state index contributed by atoms with van der Waals surface area (Å²) < 4.78 is 11.1. The van der Waals surface area contributed by atoms with E-state index in [-0.39, 0.29) is 5.78 Å². The van der Waals surface area contributed by atoms with Crippen molar-refractivity contribution in [3.8, 4) is 17.6 Å². The lowest BCUT2D eigenvalue weighted by Crippen LogP contribution is -1.98. The van der Waals surface area contributed by atoms with E-state index in [0.717, 1.165) is 12.0 Å². The number of ether oxygens (including phenoxy) is 2. The number of carbonyl (C=O) groups is 1. The molecule has 0 fully saturated rings. The Bertz CT molecular complexity index is 785. The Kier molecular flexibility index (Phi) is 4.39. The van der Waals surface area contributed by atoms with Gasteiger partial charge >= 0.3 is 0 Å². The summed E-state index contributed by atoms with van der Waals surface area (Å²) in [6.07, 6.45) is 4.07. The molecule has 114 valence electrons. The molecule has 0 N–H and O–H groups in total. The van der Waals surface area contributed by atoms with Gasteiger partial charge in [-0.1, -0.05) is 18.2 Å². The average molecular weight is 305 g/mol. The van der Waals surface area contributed by atoms with Crippen LogP contribution in [0.4, 0.5) is 0 Å². The predicted molar refractivity (Wildman–Crippen MR) is 86.6 cm³/mol. The highest BCUT2D eigenvalue weighted by atomic mass is 16.5. The molecule has 4 nitrogen and oxygen atoms in total. The molecule has 2 aromatic carbocycles. The molecule has 0 saturated heterocycles. The van der Waals surface area contributed by atoms with Crippen molar-refractivity contribution in [2.75, 3.05) is 13.2 Å². The molecule has 0 bridgehead atoms. The number of nitriles is 1. The maximum Gasteiger partial charge on any atom is 0.185 e. The highest BCUT2D eigenvalue weighted by Crippen LogP contribution is 2.30. The summed E-state index contributed by atoms with van der Waals surface area (Å²) in [6, 6.07) is 14.3. The molecule has 0 atom stereocenters. The smallest absolute Gasteiger partial charge is 0.185 e. The molecule has 4 heteroatoms. The molecule has 0 saturated carbocycles. The Hall–Kier alpha value is -3.06. The third-order valence-electron chi connectivity index (χ3n) is 3.50. The van der Waals surface area contributed by atoms with Crippen molar-refractivity contribution in [1.29, 1.82) is 5.26 Å². The van der Waals surface area contributed by atoms with Crippen LogP contribution in [0.15, 0.2) is 48.5 Å². The largest absolute Gasteiger partial charge is 0.490 e. The summed E-state index contributed by atoms with van der Waals surface area (Å²) in [5, 5.41) is 8.77. The van der Waals surface area contributed by atoms with Gasteiger partial charge in [0.25, 0.3) is 0 Å². The number of rotatable bonds is 3. The minimum atomic E-state index is -0.106. The first-order valence-corrected chi connectivity index (χ1v) is 7.38. The maximum absolute atomic E-state index is 12.3. The van der Waals surface area contributed by atoms with Crippen molar-refractivity contribution >= 4 is 11.9 Å². The van der Waals surface area contributed by atoms with Crippen LogP contribution >= 0.6 is 0 Å². The molecule has 0 aliphatic carbocycles. The second-order valence-corrected chi connectivity index (χ2v) is 5.14. The molecule has 1 aliphatic heterocycles. The van der Waals surface area contributed by atoms with Gasteiger partial charge in [-0.15, -0.1) is 0 Å². The summed E-state index contributed by atoms with van der Waals surface area (Å²) >= 11 is 0. The molecule has 1 heterocycles. The third kappa shape index (κ3) is 3.58. The van der Waals surface area contributed by atoms with E-state index in [2.05, 4.69) is 6.07 Å². The number of hydrogen-bond acceptors (Lipinski definition) is 4. The topological polar surface area (TPSA) is 59.3 Å². The Balaban J connectivity index is 1.76. The van der Waals surface area contributed by atoms with Crippen molar-refractivity contribution in [2.45, 2.75) is 6.42 Å². The van der Waals surface area contributed by atoms with Gasteiger partial charge in [0.1, 0.15) is 0 Å². The molecular weight excluding hydrogens is 290 g/mol. The zero-order chi connectivity index (χ0) is 16.1. The SMILES string of the molecule is N#Cc1ccc(C=CC(=O)c2ccc3c(c2)OCCCO3)cc1. The summed E-state index contributed by atoms with van der Waals surface area (Å²) in [6.45, 7) is 1.21. The van der Waals surface area contributed by atoms with Gasteiger partial charge in [0.05, 0.1) is 24.8 Å². The van der Waals surface area contributed by atoms with Gasteiger partial charge in [0, 0.05) is 12.0 Å². The molecule has 2 aromatic rings. The van der Waals surface area contributed by atoms with Crippen molar-refractivity contribution in [1.82, 2.24) is 0 Å². The fourth-order valence-corrected chi connectivity index (χ4v) is 2.25. The lowest BCUT2D eigenvalue weighted by molar-refractivity contribution is 0.104. The van der Waals surface area contributed by atoms with Crippen LogP contribution in [0, 0.1) is 11.3 Å². The molecular formula is C19H15NO3. The number of allylic oxidation sites excluding steroid dienone is 1. The number of hydrogen-bond donors (Lipinski definition) is 0. The van der Waals surface area contributed by atoms with Crippen LogP contribution in [0.5, 0.6) is 11.5 Å². The van der Waals surface area contributed by atoms with E-state index in [1.54, 1.807) is 48.5 Å². The first-order valence-electron chi connectivity index (χ1n) is 7.38. The van der Waals surface area contributed by atoms with Gasteiger partial charge in [0.2, 0.25) is 0 Å². The van der Waals surface area contributed by atoms with Gasteiger partial charge in [-0.3, -0.25) is 4.79 Å². The average Bonchev–Trinajstić information content (AvgIpc) is 2.84. The normalized spacial score (nSPS) is 13.3. The van der Waals surface area contributed by atoms with E-state index in [1.807, 2.05) is 0 Å². The van der Waals surface area contributed by atoms with E-state index in [4.69, 9.17) is 14.7 Å². The number of nitrogens with zero attached hydrogens (tertiary/aromatic N) is 1. The van der Waals surface area contributed by atoms with Crippen LogP contribution in [0.1, 0.15) is 27.9 Å². The molecule has 3 rings (SSSR count). The Labute approximate surface area is 134 Å². The summed E-state index contributed by atoms with van der Waals surface area (Å²) in [5.41, 5.74) is 2.02. The highest BCUT2D eigenvalue weighted by molar-refractivity contribution is 6.07. The van der Waals surface area contributed by atoms with Crippen LogP contribution in [-0.4, -0.2) is 19.0 Å². The van der Waals surface area contributed by atoms with E-state index in [9.17, 15) is 4.79 Å². The fraction of sp³-hybridized carbons (Fsp3) is 0.158. The predicted octanol–water partition coefficient (Wildman–Crippen LogP) is 3.62. The second kappa shape index (κ2) is 6.80. The number of fused-ring (bicyclic) bond motifs is 1. The molecule has 0 aromatic heterocycles. The minimum Gasteiger partial charge on any atom is -0.490 e. The van der Waals surface area contributed by atoms with E-state index in [0.29, 0.717) is 35.8 Å². The zero-order valence-corrected chi connectivity index (χ0v) is 12.5. The van der Waals surface area contributed by atoms with Crippen molar-refractivity contribution in [3.63, 3.8) is 0 Å². The van der Waals surface area contributed by atoms with Crippen molar-refractivity contribution in [3.05, 3.63) is 65.2 Å². The van der Waals surface area contributed by atoms with Gasteiger partial charge in [-0.25, -0.2) is 0 Å². The second-order valence-electron chi connectivity index (χ2n) is 5.14. The summed E-state index contributed by atoms with van der Waals surface area (Å²) in [4.78, 5) is 12.3. The van der Waals surface area contributed by atoms with Crippen LogP contribution in [0.2, 0.25) is 0 Å². The van der Waals surface area contributed by atoms with Crippen LogP contribution in [0.25, 0.3) is 6.08 Å². The summed E-state index contributed by atoms with van der Waals surface area (Å²) in [7, 11) is 0. The van der Waals surface area contributed by atoms with E-state index < -0.39 is 0 Å². The van der Waals surface area contributed by atoms with Crippen molar-refractivity contribution < 1.29 is 14.3 Å². The van der Waals surface area contributed by atoms with E-state index >= 15 is 0 Å². The monoisotopic (exact) mass is 305 g/mol. The zero-order valence-electron chi connectivity index (χ0n) is 12.5. The fourth-order valence-electron chi connectivity index (χ4n) is 2.25. The van der Waals surface area contributed by atoms with Gasteiger partial charge in [0.15, 0.2) is 17.3 Å². The highest BCUT2D eigenvalue weighted by Gasteiger charge is 2.12. The Morgan fingerprint density at radius 3 is 2.52 bits per heavy atom. The lowest BCUT2D eigenvalue weighted by Gasteiger charge is -2.07. The Morgan fingerprint density at radius 1 is 1.04 bits per heavy atom. The molecule has 0 unspecified atom stereocenters. The van der Waals surface area contributed by atoms with Crippen molar-refractivity contribution in [2.24, 2.45) is 0 Å². The number of benzene rings is 2.